The summed E-state index contributed by atoms with van der Waals surface area (Å²) in [6.45, 7) is 2.83. The molecule has 0 spiro atoms. The number of hydrazine groups is 2. The summed E-state index contributed by atoms with van der Waals surface area (Å²) in [5.74, 6) is 0.145. The number of rotatable bonds is 1. The van der Waals surface area contributed by atoms with Crippen LogP contribution in [-0.2, 0) is 0 Å². The van der Waals surface area contributed by atoms with E-state index in [1.165, 1.54) is 0 Å². The zero-order valence-electron chi connectivity index (χ0n) is 7.58. The number of nitrogens with one attached hydrogen (secondary N) is 3. The Morgan fingerprint density at radius 3 is 2.92 bits per heavy atom. The fourth-order valence-corrected chi connectivity index (χ4v) is 1.91. The van der Waals surface area contributed by atoms with E-state index in [1.54, 1.807) is 0 Å². The van der Waals surface area contributed by atoms with Crippen molar-refractivity contribution in [3.63, 3.8) is 0 Å². The minimum absolute atomic E-state index is 0.145. The molecule has 2 rings (SSSR count). The number of guanidine groups is 1. The summed E-state index contributed by atoms with van der Waals surface area (Å²) in [4.78, 5) is 0. The van der Waals surface area contributed by atoms with E-state index in [-0.39, 0.29) is 5.96 Å². The van der Waals surface area contributed by atoms with Gasteiger partial charge in [0.25, 0.3) is 0 Å². The Balaban J connectivity index is 2.00. The molecule has 2 saturated heterocycles. The highest BCUT2D eigenvalue weighted by Crippen LogP contribution is 2.15. The fourth-order valence-electron chi connectivity index (χ4n) is 1.91. The van der Waals surface area contributed by atoms with E-state index >= 15 is 0 Å². The van der Waals surface area contributed by atoms with Crippen LogP contribution in [-0.4, -0.2) is 41.8 Å². The van der Waals surface area contributed by atoms with Crippen LogP contribution in [0.2, 0.25) is 0 Å². The van der Waals surface area contributed by atoms with E-state index in [4.69, 9.17) is 11.1 Å². The van der Waals surface area contributed by atoms with Gasteiger partial charge in [0.1, 0.15) is 0 Å². The SMILES string of the molecule is N=C(N)N1CCCN1C1CCNN1. The first-order valence-electron chi connectivity index (χ1n) is 4.65. The van der Waals surface area contributed by atoms with Crippen LogP contribution in [0.5, 0.6) is 0 Å². The lowest BCUT2D eigenvalue weighted by Gasteiger charge is -2.32. The van der Waals surface area contributed by atoms with E-state index in [0.29, 0.717) is 6.17 Å². The van der Waals surface area contributed by atoms with E-state index in [2.05, 4.69) is 15.9 Å². The van der Waals surface area contributed by atoms with Crippen LogP contribution < -0.4 is 16.6 Å². The normalized spacial score (nSPS) is 29.8. The summed E-state index contributed by atoms with van der Waals surface area (Å²) in [5, 5.41) is 11.4. The molecule has 0 radical (unpaired) electrons. The Labute approximate surface area is 77.5 Å². The molecule has 6 nitrogen and oxygen atoms in total. The molecule has 1 atom stereocenters. The van der Waals surface area contributed by atoms with Gasteiger partial charge in [0.2, 0.25) is 5.96 Å². The smallest absolute Gasteiger partial charge is 0.203 e. The Morgan fingerprint density at radius 2 is 2.31 bits per heavy atom. The molecule has 0 saturated carbocycles. The third-order valence-electron chi connectivity index (χ3n) is 2.52. The lowest BCUT2D eigenvalue weighted by molar-refractivity contribution is 0.0385. The van der Waals surface area contributed by atoms with Crippen molar-refractivity contribution < 1.29 is 0 Å². The zero-order valence-corrected chi connectivity index (χ0v) is 7.58. The van der Waals surface area contributed by atoms with Gasteiger partial charge in [-0.05, 0) is 12.8 Å². The molecular weight excluding hydrogens is 168 g/mol. The molecule has 0 aromatic carbocycles. The van der Waals surface area contributed by atoms with Crippen LogP contribution in [0.1, 0.15) is 12.8 Å². The second kappa shape index (κ2) is 3.49. The topological polar surface area (TPSA) is 80.4 Å². The molecule has 0 amide bonds. The lowest BCUT2D eigenvalue weighted by atomic mass is 10.3. The maximum absolute atomic E-state index is 7.40. The first-order valence-corrected chi connectivity index (χ1v) is 4.65. The molecule has 5 N–H and O–H groups in total. The molecule has 2 aliphatic heterocycles. The highest BCUT2D eigenvalue weighted by Gasteiger charge is 2.31. The monoisotopic (exact) mass is 184 g/mol. The predicted octanol–water partition coefficient (Wildman–Crippen LogP) is -1.37. The minimum atomic E-state index is 0.145. The second-order valence-corrected chi connectivity index (χ2v) is 3.40. The van der Waals surface area contributed by atoms with Gasteiger partial charge in [-0.2, -0.15) is 0 Å². The van der Waals surface area contributed by atoms with Crippen LogP contribution in [0.3, 0.4) is 0 Å². The summed E-state index contributed by atoms with van der Waals surface area (Å²) < 4.78 is 0. The van der Waals surface area contributed by atoms with Crippen molar-refractivity contribution in [1.82, 2.24) is 20.9 Å². The predicted molar refractivity (Wildman–Crippen MR) is 49.5 cm³/mol. The number of nitrogens with zero attached hydrogens (tertiary/aromatic N) is 2. The highest BCUT2D eigenvalue weighted by atomic mass is 15.7. The third-order valence-corrected chi connectivity index (χ3v) is 2.52. The van der Waals surface area contributed by atoms with Gasteiger partial charge in [0.15, 0.2) is 0 Å². The molecule has 13 heavy (non-hydrogen) atoms. The number of hydrogen-bond acceptors (Lipinski definition) is 4. The Kier molecular flexibility index (Phi) is 2.34. The fraction of sp³-hybridized carbons (Fsp3) is 0.857. The van der Waals surface area contributed by atoms with Gasteiger partial charge in [-0.15, -0.1) is 0 Å². The quantitative estimate of drug-likeness (QED) is 0.298. The van der Waals surface area contributed by atoms with Crippen LogP contribution >= 0.6 is 0 Å². The van der Waals surface area contributed by atoms with Gasteiger partial charge in [0.05, 0.1) is 6.17 Å². The van der Waals surface area contributed by atoms with Gasteiger partial charge in [-0.3, -0.25) is 15.8 Å². The van der Waals surface area contributed by atoms with Gasteiger partial charge in [-0.1, -0.05) is 0 Å². The molecular formula is C7H16N6. The summed E-state index contributed by atoms with van der Waals surface area (Å²) in [7, 11) is 0. The lowest BCUT2D eigenvalue weighted by Crippen LogP contribution is -2.53. The average Bonchev–Trinajstić information content (AvgIpc) is 2.74. The highest BCUT2D eigenvalue weighted by molar-refractivity contribution is 5.74. The molecule has 2 fully saturated rings. The summed E-state index contributed by atoms with van der Waals surface area (Å²) >= 11 is 0. The van der Waals surface area contributed by atoms with Crippen LogP contribution in [0, 0.1) is 5.41 Å². The van der Waals surface area contributed by atoms with Gasteiger partial charge in [0, 0.05) is 19.6 Å². The molecule has 0 aliphatic carbocycles. The van der Waals surface area contributed by atoms with Crippen LogP contribution in [0.25, 0.3) is 0 Å². The molecule has 74 valence electrons. The molecule has 0 aromatic heterocycles. The van der Waals surface area contributed by atoms with Crippen molar-refractivity contribution in [2.24, 2.45) is 5.73 Å². The standard InChI is InChI=1S/C7H16N6/c8-7(9)13-5-1-4-12(13)6-2-3-10-11-6/h6,10-11H,1-5H2,(H3,8,9). The molecule has 0 aromatic rings. The molecule has 6 heteroatoms. The Morgan fingerprint density at radius 1 is 1.46 bits per heavy atom. The van der Waals surface area contributed by atoms with E-state index in [9.17, 15) is 0 Å². The first-order chi connectivity index (χ1) is 6.29. The van der Waals surface area contributed by atoms with Gasteiger partial charge in [-0.25, -0.2) is 10.4 Å². The molecule has 0 bridgehead atoms. The van der Waals surface area contributed by atoms with Crippen molar-refractivity contribution in [2.45, 2.75) is 19.0 Å². The molecule has 2 aliphatic rings. The second-order valence-electron chi connectivity index (χ2n) is 3.40. The first kappa shape index (κ1) is 8.74. The molecule has 1 unspecified atom stereocenters. The van der Waals surface area contributed by atoms with Crippen molar-refractivity contribution >= 4 is 5.96 Å². The number of nitrogens with two attached hydrogens (primary N) is 1. The zero-order chi connectivity index (χ0) is 9.26. The average molecular weight is 184 g/mol. The summed E-state index contributed by atoms with van der Waals surface area (Å²) in [5.41, 5.74) is 11.7. The third kappa shape index (κ3) is 1.60. The van der Waals surface area contributed by atoms with E-state index < -0.39 is 0 Å². The maximum Gasteiger partial charge on any atom is 0.203 e. The van der Waals surface area contributed by atoms with Crippen molar-refractivity contribution in [3.05, 3.63) is 0 Å². The van der Waals surface area contributed by atoms with Gasteiger partial charge < -0.3 is 5.73 Å². The minimum Gasteiger partial charge on any atom is -0.369 e. The van der Waals surface area contributed by atoms with Gasteiger partial charge >= 0.3 is 0 Å². The van der Waals surface area contributed by atoms with Crippen LogP contribution in [0.15, 0.2) is 0 Å². The largest absolute Gasteiger partial charge is 0.369 e. The Bertz CT molecular complexity index is 199. The summed E-state index contributed by atoms with van der Waals surface area (Å²) in [6, 6.07) is 0. The van der Waals surface area contributed by atoms with Crippen LogP contribution in [0.4, 0.5) is 0 Å². The van der Waals surface area contributed by atoms with E-state index in [0.717, 1.165) is 32.5 Å². The van der Waals surface area contributed by atoms with Crippen molar-refractivity contribution in [3.8, 4) is 0 Å². The van der Waals surface area contributed by atoms with Crippen molar-refractivity contribution in [1.29, 1.82) is 5.41 Å². The van der Waals surface area contributed by atoms with Crippen molar-refractivity contribution in [2.75, 3.05) is 19.6 Å². The maximum atomic E-state index is 7.40. The Hall–Kier alpha value is -0.850. The summed E-state index contributed by atoms with van der Waals surface area (Å²) in [6.07, 6.45) is 2.44. The molecule has 2 heterocycles. The van der Waals surface area contributed by atoms with E-state index in [1.807, 2.05) is 5.01 Å². The number of hydrogen-bond donors (Lipinski definition) is 4.